The Balaban J connectivity index is 1.39. The van der Waals surface area contributed by atoms with Crippen LogP contribution in [0, 0.1) is 0 Å². The lowest BCUT2D eigenvalue weighted by atomic mass is 10.0. The molecule has 0 fully saturated rings. The Morgan fingerprint density at radius 2 is 1.69 bits per heavy atom. The zero-order valence-corrected chi connectivity index (χ0v) is 22.7. The first-order valence-electron chi connectivity index (χ1n) is 11.8. The molecular weight excluding hydrogens is 574 g/mol. The normalized spacial score (nSPS) is 17.9. The quantitative estimate of drug-likeness (QED) is 0.275. The van der Waals surface area contributed by atoms with Crippen LogP contribution in [0.3, 0.4) is 0 Å². The minimum atomic E-state index is -4.43. The van der Waals surface area contributed by atoms with E-state index in [2.05, 4.69) is 4.99 Å². The molecule has 3 aromatic carbocycles. The number of rotatable bonds is 9. The molecular formula is C28H22Cl2F3NO4S. The number of carbonyl (C=O) groups is 2. The Morgan fingerprint density at radius 1 is 1.03 bits per heavy atom. The number of halogens is 5. The summed E-state index contributed by atoms with van der Waals surface area (Å²) in [6, 6.07) is 15.9. The van der Waals surface area contributed by atoms with Crippen LogP contribution in [0.5, 0.6) is 5.75 Å². The number of hydrogen-bond acceptors (Lipinski definition) is 5. The van der Waals surface area contributed by atoms with E-state index in [0.717, 1.165) is 12.1 Å². The summed E-state index contributed by atoms with van der Waals surface area (Å²) < 4.78 is 44.2. The summed E-state index contributed by atoms with van der Waals surface area (Å²) in [7, 11) is 0. The molecule has 0 spiro atoms. The van der Waals surface area contributed by atoms with Crippen LogP contribution in [-0.4, -0.2) is 33.2 Å². The van der Waals surface area contributed by atoms with Gasteiger partial charge in [-0.2, -0.15) is 13.2 Å². The third-order valence-electron chi connectivity index (χ3n) is 6.11. The van der Waals surface area contributed by atoms with E-state index in [0.29, 0.717) is 21.7 Å². The molecule has 0 saturated heterocycles. The van der Waals surface area contributed by atoms with Crippen LogP contribution in [0.4, 0.5) is 13.2 Å². The number of carboxylic acid groups (broad SMARTS) is 1. The van der Waals surface area contributed by atoms with Gasteiger partial charge in [-0.15, -0.1) is 0 Å². The highest BCUT2D eigenvalue weighted by Crippen LogP contribution is 2.38. The molecule has 39 heavy (non-hydrogen) atoms. The molecule has 0 saturated carbocycles. The highest BCUT2D eigenvalue weighted by atomic mass is 35.5. The number of ketones is 1. The highest BCUT2D eigenvalue weighted by molar-refractivity contribution is 8.15. The number of aliphatic imine (C=N–C) groups is 1. The van der Waals surface area contributed by atoms with Gasteiger partial charge in [0.2, 0.25) is 6.10 Å². The second-order valence-electron chi connectivity index (χ2n) is 8.85. The first-order chi connectivity index (χ1) is 18.5. The first kappa shape index (κ1) is 29.0. The van der Waals surface area contributed by atoms with Crippen molar-refractivity contribution in [2.24, 2.45) is 4.99 Å². The van der Waals surface area contributed by atoms with E-state index in [1.54, 1.807) is 43.3 Å². The zero-order valence-electron chi connectivity index (χ0n) is 20.4. The maximum Gasteiger partial charge on any atom is 0.416 e. The van der Waals surface area contributed by atoms with Gasteiger partial charge < -0.3 is 9.84 Å². The van der Waals surface area contributed by atoms with E-state index >= 15 is 0 Å². The van der Waals surface area contributed by atoms with E-state index in [9.17, 15) is 27.9 Å². The number of carboxylic acids is 1. The molecule has 0 aliphatic carbocycles. The Kier molecular flexibility index (Phi) is 8.93. The van der Waals surface area contributed by atoms with E-state index in [4.69, 9.17) is 27.9 Å². The van der Waals surface area contributed by atoms with Crippen molar-refractivity contribution in [3.8, 4) is 5.75 Å². The number of hydrogen-bond donors (Lipinski definition) is 1. The molecule has 5 nitrogen and oxygen atoms in total. The first-order valence-corrected chi connectivity index (χ1v) is 13.5. The molecule has 4 rings (SSSR count). The maximum absolute atomic E-state index is 13.0. The third kappa shape index (κ3) is 6.77. The molecule has 3 unspecified atom stereocenters. The topological polar surface area (TPSA) is 76.0 Å². The smallest absolute Gasteiger partial charge is 0.416 e. The van der Waals surface area contributed by atoms with Crippen LogP contribution in [0.25, 0.3) is 0 Å². The van der Waals surface area contributed by atoms with E-state index in [-0.39, 0.29) is 40.5 Å². The summed E-state index contributed by atoms with van der Waals surface area (Å²) in [5, 5.41) is 9.85. The van der Waals surface area contributed by atoms with Gasteiger partial charge in [-0.25, -0.2) is 4.79 Å². The minimum Gasteiger partial charge on any atom is -0.478 e. The average Bonchev–Trinajstić information content (AvgIpc) is 3.30. The maximum atomic E-state index is 13.0. The van der Waals surface area contributed by atoms with Gasteiger partial charge in [0.25, 0.3) is 0 Å². The van der Waals surface area contributed by atoms with Gasteiger partial charge in [-0.05, 0) is 37.1 Å². The third-order valence-corrected chi connectivity index (χ3v) is 8.49. The number of Topliss-reactive ketones (excluding diaryl/α,β-unsaturated/α-hetero) is 1. The summed E-state index contributed by atoms with van der Waals surface area (Å²) in [5.41, 5.74) is 0.804. The van der Waals surface area contributed by atoms with Crippen molar-refractivity contribution in [2.75, 3.05) is 0 Å². The largest absolute Gasteiger partial charge is 0.478 e. The van der Waals surface area contributed by atoms with Crippen molar-refractivity contribution in [1.29, 1.82) is 0 Å². The van der Waals surface area contributed by atoms with Crippen LogP contribution >= 0.6 is 35.0 Å². The van der Waals surface area contributed by atoms with Crippen molar-refractivity contribution in [2.45, 2.75) is 43.3 Å². The van der Waals surface area contributed by atoms with Gasteiger partial charge in [0.1, 0.15) is 16.6 Å². The summed E-state index contributed by atoms with van der Waals surface area (Å²) in [6.07, 6.45) is -5.30. The van der Waals surface area contributed by atoms with E-state index < -0.39 is 29.1 Å². The second kappa shape index (κ2) is 12.0. The molecule has 3 atom stereocenters. The van der Waals surface area contributed by atoms with Crippen molar-refractivity contribution in [3.05, 3.63) is 99.0 Å². The Bertz CT molecular complexity index is 1400. The number of thioether (sulfide) groups is 1. The van der Waals surface area contributed by atoms with Crippen molar-refractivity contribution in [1.82, 2.24) is 0 Å². The molecule has 0 radical (unpaired) electrons. The number of aryl methyl sites for hydroxylation is 1. The average molecular weight is 596 g/mol. The molecule has 1 N–H and O–H groups in total. The molecule has 1 aliphatic heterocycles. The second-order valence-corrected chi connectivity index (χ2v) is 10.7. The lowest BCUT2D eigenvalue weighted by Crippen LogP contribution is -2.25. The van der Waals surface area contributed by atoms with Crippen molar-refractivity contribution in [3.63, 3.8) is 0 Å². The Labute approximate surface area is 237 Å². The fourth-order valence-corrected chi connectivity index (χ4v) is 5.78. The standard InChI is InChI=1S/C28H22Cl2F3NO4S/c1-15-25(39-26(34-15)18-7-11-19(12-8-18)28(31,32)33)20(35)13-9-16-10-14-21(23(30)22(16)29)38-24(27(36)37)17-5-3-2-4-6-17/h2-8,10-12,14-15,24-25H,9,13H2,1H3,(H,36,37). The molecule has 0 amide bonds. The van der Waals surface area contributed by atoms with Gasteiger partial charge in [0.05, 0.1) is 26.9 Å². The SMILES string of the molecule is CC1N=C(c2ccc(C(F)(F)F)cc2)SC1C(=O)CCc1ccc(OC(C(=O)O)c2ccccc2)c(Cl)c1Cl. The van der Waals surface area contributed by atoms with Gasteiger partial charge in [0.15, 0.2) is 0 Å². The number of aliphatic carboxylic acids is 1. The minimum absolute atomic E-state index is 0.0420. The Morgan fingerprint density at radius 3 is 2.31 bits per heavy atom. The zero-order chi connectivity index (χ0) is 28.3. The predicted molar refractivity (Wildman–Crippen MR) is 146 cm³/mol. The lowest BCUT2D eigenvalue weighted by molar-refractivity contribution is -0.145. The fraction of sp³-hybridized carbons (Fsp3) is 0.250. The summed E-state index contributed by atoms with van der Waals surface area (Å²) in [6.45, 7) is 1.79. The van der Waals surface area contributed by atoms with Gasteiger partial charge in [0, 0.05) is 17.5 Å². The number of nitrogens with zero attached hydrogens (tertiary/aromatic N) is 1. The summed E-state index contributed by atoms with van der Waals surface area (Å²) in [5.74, 6) is -1.17. The molecule has 204 valence electrons. The fourth-order valence-electron chi connectivity index (χ4n) is 4.05. The van der Waals surface area contributed by atoms with E-state index in [1.807, 2.05) is 0 Å². The van der Waals surface area contributed by atoms with Gasteiger partial charge in [-0.3, -0.25) is 9.79 Å². The molecule has 11 heteroatoms. The van der Waals surface area contributed by atoms with Crippen LogP contribution in [-0.2, 0) is 22.2 Å². The molecule has 0 aromatic heterocycles. The summed E-state index contributed by atoms with van der Waals surface area (Å²) >= 11 is 14.1. The van der Waals surface area contributed by atoms with E-state index in [1.165, 1.54) is 30.0 Å². The monoisotopic (exact) mass is 595 g/mol. The summed E-state index contributed by atoms with van der Waals surface area (Å²) in [4.78, 5) is 29.3. The molecule has 0 bridgehead atoms. The number of alkyl halides is 3. The van der Waals surface area contributed by atoms with Gasteiger partial charge >= 0.3 is 12.1 Å². The molecule has 1 aliphatic rings. The van der Waals surface area contributed by atoms with Crippen LogP contribution in [0.1, 0.15) is 41.7 Å². The van der Waals surface area contributed by atoms with Crippen molar-refractivity contribution < 1.29 is 32.6 Å². The number of carbonyl (C=O) groups excluding carboxylic acids is 1. The van der Waals surface area contributed by atoms with Gasteiger partial charge in [-0.1, -0.05) is 83.5 Å². The molecule has 1 heterocycles. The number of benzene rings is 3. The lowest BCUT2D eigenvalue weighted by Gasteiger charge is -2.18. The number of ether oxygens (including phenoxy) is 1. The predicted octanol–water partition coefficient (Wildman–Crippen LogP) is 7.67. The highest BCUT2D eigenvalue weighted by Gasteiger charge is 2.34. The van der Waals surface area contributed by atoms with Crippen molar-refractivity contribution >= 4 is 51.8 Å². The van der Waals surface area contributed by atoms with Crippen LogP contribution in [0.15, 0.2) is 71.7 Å². The molecule has 3 aromatic rings. The van der Waals surface area contributed by atoms with Crippen LogP contribution < -0.4 is 4.74 Å². The Hall–Kier alpha value is -3.01. The van der Waals surface area contributed by atoms with Crippen LogP contribution in [0.2, 0.25) is 10.0 Å².